The van der Waals surface area contributed by atoms with Crippen molar-refractivity contribution in [3.05, 3.63) is 23.8 Å². The number of likely N-dealkylation sites (tertiary alicyclic amines) is 1. The summed E-state index contributed by atoms with van der Waals surface area (Å²) in [5, 5.41) is 0. The number of rotatable bonds is 3. The lowest BCUT2D eigenvalue weighted by molar-refractivity contribution is -0.112. The van der Waals surface area contributed by atoms with Crippen molar-refractivity contribution in [1.29, 1.82) is 0 Å². The summed E-state index contributed by atoms with van der Waals surface area (Å²) in [4.78, 5) is 15.7. The second-order valence-corrected chi connectivity index (χ2v) is 5.83. The minimum atomic E-state index is 0.259. The molecule has 0 bridgehead atoms. The van der Waals surface area contributed by atoms with Gasteiger partial charge in [0.2, 0.25) is 0 Å². The summed E-state index contributed by atoms with van der Waals surface area (Å²) >= 11 is 0. The third-order valence-electron chi connectivity index (χ3n) is 4.66. The van der Waals surface area contributed by atoms with Crippen LogP contribution in [0.5, 0.6) is 5.75 Å². The van der Waals surface area contributed by atoms with Crippen LogP contribution in [0.25, 0.3) is 0 Å². The lowest BCUT2D eigenvalue weighted by atomic mass is 9.96. The lowest BCUT2D eigenvalue weighted by Gasteiger charge is -2.34. The van der Waals surface area contributed by atoms with E-state index in [2.05, 4.69) is 29.0 Å². The number of methoxy groups -OCH3 is 1. The summed E-state index contributed by atoms with van der Waals surface area (Å²) in [5.41, 5.74) is 2.66. The Bertz CT molecular complexity index is 495. The second-order valence-electron chi connectivity index (χ2n) is 5.83. The van der Waals surface area contributed by atoms with Crippen LogP contribution in [0.3, 0.4) is 0 Å². The summed E-state index contributed by atoms with van der Waals surface area (Å²) in [5.74, 6) is 1.18. The highest BCUT2D eigenvalue weighted by molar-refractivity contribution is 5.61. The fraction of sp³-hybridized carbons (Fsp3) is 0.562. The number of carbonyl (C=O) groups is 1. The molecule has 3 rings (SSSR count). The number of ether oxygens (including phenoxy) is 1. The SMILES string of the molecule is COc1ccc2c(c1)C(N1CCC(C=O)CC1)CN2C. The van der Waals surface area contributed by atoms with Crippen LogP contribution in [0.15, 0.2) is 18.2 Å². The van der Waals surface area contributed by atoms with Gasteiger partial charge in [-0.1, -0.05) is 0 Å². The van der Waals surface area contributed by atoms with Crippen LogP contribution in [0.2, 0.25) is 0 Å². The van der Waals surface area contributed by atoms with Crippen molar-refractivity contribution in [2.45, 2.75) is 18.9 Å². The maximum atomic E-state index is 10.9. The van der Waals surface area contributed by atoms with E-state index in [1.54, 1.807) is 7.11 Å². The Morgan fingerprint density at radius 1 is 1.30 bits per heavy atom. The lowest BCUT2D eigenvalue weighted by Crippen LogP contribution is -2.38. The molecule has 1 atom stereocenters. The van der Waals surface area contributed by atoms with E-state index in [9.17, 15) is 4.79 Å². The predicted molar refractivity (Wildman–Crippen MR) is 79.4 cm³/mol. The zero-order valence-electron chi connectivity index (χ0n) is 12.2. The van der Waals surface area contributed by atoms with Crippen molar-refractivity contribution in [3.8, 4) is 5.75 Å². The number of nitrogens with zero attached hydrogens (tertiary/aromatic N) is 2. The van der Waals surface area contributed by atoms with Gasteiger partial charge in [0.15, 0.2) is 0 Å². The molecule has 0 saturated carbocycles. The molecule has 4 heteroatoms. The number of benzene rings is 1. The molecule has 1 aromatic carbocycles. The van der Waals surface area contributed by atoms with Crippen LogP contribution in [-0.4, -0.2) is 45.0 Å². The third-order valence-corrected chi connectivity index (χ3v) is 4.66. The first kappa shape index (κ1) is 13.4. The molecule has 1 aromatic rings. The number of likely N-dealkylation sites (N-methyl/N-ethyl adjacent to an activating group) is 1. The molecule has 2 aliphatic heterocycles. The highest BCUT2D eigenvalue weighted by Gasteiger charge is 2.33. The number of aldehydes is 1. The van der Waals surface area contributed by atoms with E-state index in [4.69, 9.17) is 4.74 Å². The molecule has 4 nitrogen and oxygen atoms in total. The van der Waals surface area contributed by atoms with Gasteiger partial charge in [0.05, 0.1) is 13.2 Å². The third kappa shape index (κ3) is 2.29. The number of hydrogen-bond donors (Lipinski definition) is 0. The molecule has 108 valence electrons. The van der Waals surface area contributed by atoms with Crippen molar-refractivity contribution >= 4 is 12.0 Å². The first-order chi connectivity index (χ1) is 9.72. The topological polar surface area (TPSA) is 32.8 Å². The fourth-order valence-electron chi connectivity index (χ4n) is 3.41. The highest BCUT2D eigenvalue weighted by atomic mass is 16.5. The average molecular weight is 274 g/mol. The molecule has 2 aliphatic rings. The Hall–Kier alpha value is -1.55. The molecular formula is C16H22N2O2. The van der Waals surface area contributed by atoms with Gasteiger partial charge in [0.1, 0.15) is 12.0 Å². The van der Waals surface area contributed by atoms with Crippen LogP contribution >= 0.6 is 0 Å². The molecule has 0 aliphatic carbocycles. The standard InChI is InChI=1S/C16H22N2O2/c1-17-10-16(18-7-5-12(11-19)6-8-18)14-9-13(20-2)3-4-15(14)17/h3-4,9,11-12,16H,5-8,10H2,1-2H3. The Labute approximate surface area is 120 Å². The minimum Gasteiger partial charge on any atom is -0.497 e. The fourth-order valence-corrected chi connectivity index (χ4v) is 3.41. The van der Waals surface area contributed by atoms with Crippen LogP contribution < -0.4 is 9.64 Å². The summed E-state index contributed by atoms with van der Waals surface area (Å²) in [6, 6.07) is 6.76. The molecule has 2 heterocycles. The molecular weight excluding hydrogens is 252 g/mol. The molecule has 0 amide bonds. The maximum Gasteiger partial charge on any atom is 0.123 e. The van der Waals surface area contributed by atoms with E-state index in [-0.39, 0.29) is 5.92 Å². The van der Waals surface area contributed by atoms with E-state index >= 15 is 0 Å². The van der Waals surface area contributed by atoms with Crippen molar-refractivity contribution in [3.63, 3.8) is 0 Å². The van der Waals surface area contributed by atoms with Crippen LogP contribution in [-0.2, 0) is 4.79 Å². The molecule has 1 fully saturated rings. The van der Waals surface area contributed by atoms with Crippen molar-refractivity contribution in [1.82, 2.24) is 4.90 Å². The van der Waals surface area contributed by atoms with E-state index in [0.29, 0.717) is 6.04 Å². The van der Waals surface area contributed by atoms with Crippen LogP contribution in [0.4, 0.5) is 5.69 Å². The van der Waals surface area contributed by atoms with Crippen molar-refractivity contribution in [2.75, 3.05) is 38.7 Å². The molecule has 0 spiro atoms. The first-order valence-electron chi connectivity index (χ1n) is 7.31. The summed E-state index contributed by atoms with van der Waals surface area (Å²) in [6.45, 7) is 3.05. The second kappa shape index (κ2) is 5.44. The zero-order chi connectivity index (χ0) is 14.1. The Balaban J connectivity index is 1.81. The zero-order valence-corrected chi connectivity index (χ0v) is 12.2. The van der Waals surface area contributed by atoms with Crippen molar-refractivity contribution in [2.24, 2.45) is 5.92 Å². The summed E-state index contributed by atoms with van der Waals surface area (Å²) in [6.07, 6.45) is 3.10. The van der Waals surface area contributed by atoms with E-state index in [1.165, 1.54) is 11.3 Å². The van der Waals surface area contributed by atoms with Gasteiger partial charge >= 0.3 is 0 Å². The predicted octanol–water partition coefficient (Wildman–Crippen LogP) is 2.10. The monoisotopic (exact) mass is 274 g/mol. The number of fused-ring (bicyclic) bond motifs is 1. The Kier molecular flexibility index (Phi) is 3.66. The minimum absolute atomic E-state index is 0.259. The molecule has 1 saturated heterocycles. The number of piperidine rings is 1. The number of anilines is 1. The quantitative estimate of drug-likeness (QED) is 0.790. The smallest absolute Gasteiger partial charge is 0.123 e. The first-order valence-corrected chi connectivity index (χ1v) is 7.31. The molecule has 0 aromatic heterocycles. The summed E-state index contributed by atoms with van der Waals surface area (Å²) in [7, 11) is 3.86. The molecule has 1 unspecified atom stereocenters. The van der Waals surface area contributed by atoms with Crippen LogP contribution in [0.1, 0.15) is 24.4 Å². The van der Waals surface area contributed by atoms with Gasteiger partial charge in [0.25, 0.3) is 0 Å². The van der Waals surface area contributed by atoms with E-state index in [1.807, 2.05) is 6.07 Å². The van der Waals surface area contributed by atoms with Gasteiger partial charge in [-0.3, -0.25) is 4.90 Å². The van der Waals surface area contributed by atoms with E-state index in [0.717, 1.165) is 44.5 Å². The van der Waals surface area contributed by atoms with Gasteiger partial charge in [-0.05, 0) is 49.7 Å². The van der Waals surface area contributed by atoms with Gasteiger partial charge in [-0.25, -0.2) is 0 Å². The van der Waals surface area contributed by atoms with E-state index < -0.39 is 0 Å². The van der Waals surface area contributed by atoms with Gasteiger partial charge < -0.3 is 14.4 Å². The Morgan fingerprint density at radius 2 is 2.05 bits per heavy atom. The normalized spacial score (nSPS) is 23.7. The Morgan fingerprint density at radius 3 is 2.70 bits per heavy atom. The average Bonchev–Trinajstić information content (AvgIpc) is 2.84. The number of carbonyl (C=O) groups excluding carboxylic acids is 1. The molecule has 20 heavy (non-hydrogen) atoms. The van der Waals surface area contributed by atoms with Gasteiger partial charge in [0, 0.05) is 25.2 Å². The van der Waals surface area contributed by atoms with Crippen LogP contribution in [0, 0.1) is 5.92 Å². The highest BCUT2D eigenvalue weighted by Crippen LogP contribution is 2.40. The number of hydrogen-bond acceptors (Lipinski definition) is 4. The van der Waals surface area contributed by atoms with Crippen molar-refractivity contribution < 1.29 is 9.53 Å². The largest absolute Gasteiger partial charge is 0.497 e. The van der Waals surface area contributed by atoms with Gasteiger partial charge in [-0.2, -0.15) is 0 Å². The molecule has 0 radical (unpaired) electrons. The molecule has 0 N–H and O–H groups in total. The van der Waals surface area contributed by atoms with Gasteiger partial charge in [-0.15, -0.1) is 0 Å². The summed E-state index contributed by atoms with van der Waals surface area (Å²) < 4.78 is 5.36. The maximum absolute atomic E-state index is 10.9.